The van der Waals surface area contributed by atoms with Gasteiger partial charge in [0, 0.05) is 32.7 Å². The zero-order valence-corrected chi connectivity index (χ0v) is 12.4. The zero-order valence-electron chi connectivity index (χ0n) is 11.6. The molecule has 0 aromatic heterocycles. The number of hydrogen-bond donors (Lipinski definition) is 2. The molecule has 1 heterocycles. The Balaban J connectivity index is 1.88. The van der Waals surface area contributed by atoms with Gasteiger partial charge in [0.2, 0.25) is 10.0 Å². The summed E-state index contributed by atoms with van der Waals surface area (Å²) >= 11 is 0. The minimum atomic E-state index is -3.65. The van der Waals surface area contributed by atoms with Gasteiger partial charge < -0.3 is 5.11 Å². The van der Waals surface area contributed by atoms with E-state index in [9.17, 15) is 13.2 Å². The van der Waals surface area contributed by atoms with Gasteiger partial charge in [-0.05, 0) is 17.7 Å². The molecular weight excluding hydrogens is 294 g/mol. The van der Waals surface area contributed by atoms with Crippen molar-refractivity contribution in [2.45, 2.75) is 11.4 Å². The molecule has 0 aliphatic carbocycles. The van der Waals surface area contributed by atoms with Crippen LogP contribution in [0.5, 0.6) is 0 Å². The lowest BCUT2D eigenvalue weighted by Crippen LogP contribution is -2.47. The predicted molar refractivity (Wildman–Crippen MR) is 77.2 cm³/mol. The van der Waals surface area contributed by atoms with Gasteiger partial charge in [-0.15, -0.1) is 0 Å². The average Bonchev–Trinajstić information content (AvgIpc) is 2.40. The van der Waals surface area contributed by atoms with E-state index in [0.717, 1.165) is 31.7 Å². The molecule has 0 spiro atoms. The van der Waals surface area contributed by atoms with Crippen molar-refractivity contribution in [1.29, 1.82) is 0 Å². The lowest BCUT2D eigenvalue weighted by atomic mass is 10.2. The van der Waals surface area contributed by atoms with Gasteiger partial charge in [-0.2, -0.15) is 0 Å². The molecule has 1 aliphatic rings. The molecule has 0 bridgehead atoms. The maximum Gasteiger partial charge on any atom is 0.317 e. The van der Waals surface area contributed by atoms with Crippen LogP contribution in [0.4, 0.5) is 0 Å². The fourth-order valence-corrected chi connectivity index (χ4v) is 2.85. The van der Waals surface area contributed by atoms with Gasteiger partial charge in [0.15, 0.2) is 0 Å². The van der Waals surface area contributed by atoms with Crippen LogP contribution in [0.25, 0.3) is 0 Å². The second-order valence-corrected chi connectivity index (χ2v) is 6.70. The number of benzene rings is 1. The fraction of sp³-hybridized carbons (Fsp3) is 0.462. The van der Waals surface area contributed by atoms with Crippen molar-refractivity contribution < 1.29 is 18.3 Å². The van der Waals surface area contributed by atoms with Crippen molar-refractivity contribution in [2.24, 2.45) is 5.14 Å². The largest absolute Gasteiger partial charge is 0.480 e. The molecule has 1 aliphatic heterocycles. The number of nitrogens with two attached hydrogens (primary N) is 1. The first kappa shape index (κ1) is 15.9. The van der Waals surface area contributed by atoms with Gasteiger partial charge in [0.05, 0.1) is 11.4 Å². The predicted octanol–water partition coefficient (Wildman–Crippen LogP) is -0.464. The van der Waals surface area contributed by atoms with E-state index in [-0.39, 0.29) is 11.4 Å². The molecule has 0 unspecified atom stereocenters. The number of carbonyl (C=O) groups is 1. The summed E-state index contributed by atoms with van der Waals surface area (Å²) in [4.78, 5) is 14.9. The normalized spacial score (nSPS) is 17.8. The Morgan fingerprint density at radius 3 is 2.10 bits per heavy atom. The zero-order chi connectivity index (χ0) is 15.5. The van der Waals surface area contributed by atoms with Crippen molar-refractivity contribution in [2.75, 3.05) is 32.7 Å². The Morgan fingerprint density at radius 2 is 1.62 bits per heavy atom. The maximum absolute atomic E-state index is 11.2. The number of carboxylic acids is 1. The molecule has 116 valence electrons. The van der Waals surface area contributed by atoms with Gasteiger partial charge in [0.1, 0.15) is 0 Å². The summed E-state index contributed by atoms with van der Waals surface area (Å²) < 4.78 is 22.3. The molecule has 1 saturated heterocycles. The number of aliphatic carboxylic acids is 1. The Hall–Kier alpha value is -1.48. The highest BCUT2D eigenvalue weighted by atomic mass is 32.2. The Morgan fingerprint density at radius 1 is 1.10 bits per heavy atom. The third-order valence-corrected chi connectivity index (χ3v) is 4.41. The third-order valence-electron chi connectivity index (χ3n) is 3.48. The molecule has 0 saturated carbocycles. The number of rotatable bonds is 5. The molecule has 1 aromatic carbocycles. The van der Waals surface area contributed by atoms with E-state index < -0.39 is 16.0 Å². The molecule has 3 N–H and O–H groups in total. The number of primary sulfonamides is 1. The molecule has 7 nitrogen and oxygen atoms in total. The standard InChI is InChI=1S/C13H19N3O4S/c14-21(19,20)12-3-1-11(2-4-12)9-15-5-7-16(8-6-15)10-13(17)18/h1-4H,5-10H2,(H,17,18)(H2,14,19,20). The number of carboxylic acid groups (broad SMARTS) is 1. The molecule has 0 atom stereocenters. The average molecular weight is 313 g/mol. The minimum Gasteiger partial charge on any atom is -0.480 e. The van der Waals surface area contributed by atoms with E-state index in [1.54, 1.807) is 12.1 Å². The van der Waals surface area contributed by atoms with Crippen LogP contribution in [0.3, 0.4) is 0 Å². The molecule has 21 heavy (non-hydrogen) atoms. The lowest BCUT2D eigenvalue weighted by molar-refractivity contribution is -0.138. The van der Waals surface area contributed by atoms with Crippen LogP contribution in [0.15, 0.2) is 29.2 Å². The van der Waals surface area contributed by atoms with Crippen LogP contribution in [0.1, 0.15) is 5.56 Å². The molecule has 0 amide bonds. The van der Waals surface area contributed by atoms with E-state index in [1.807, 2.05) is 4.90 Å². The topological polar surface area (TPSA) is 104 Å². The summed E-state index contributed by atoms with van der Waals surface area (Å²) in [6.07, 6.45) is 0. The molecule has 0 radical (unpaired) electrons. The summed E-state index contributed by atoms with van der Waals surface area (Å²) in [6, 6.07) is 6.52. The first-order chi connectivity index (χ1) is 9.84. The van der Waals surface area contributed by atoms with Crippen LogP contribution in [0, 0.1) is 0 Å². The summed E-state index contributed by atoms with van der Waals surface area (Å²) in [5, 5.41) is 13.8. The Labute approximate surface area is 124 Å². The van der Waals surface area contributed by atoms with Crippen LogP contribution in [0.2, 0.25) is 0 Å². The quantitative estimate of drug-likeness (QED) is 0.762. The molecule has 1 aromatic rings. The summed E-state index contributed by atoms with van der Waals surface area (Å²) in [6.45, 7) is 3.83. The SMILES string of the molecule is NS(=O)(=O)c1ccc(CN2CCN(CC(=O)O)CC2)cc1. The summed E-state index contributed by atoms with van der Waals surface area (Å²) in [7, 11) is -3.65. The van der Waals surface area contributed by atoms with Gasteiger partial charge in [0.25, 0.3) is 0 Å². The van der Waals surface area contributed by atoms with Crippen LogP contribution in [-0.4, -0.2) is 62.0 Å². The second kappa shape index (κ2) is 6.52. The number of piperazine rings is 1. The Kier molecular flexibility index (Phi) is 4.94. The molecule has 1 fully saturated rings. The fourth-order valence-electron chi connectivity index (χ4n) is 2.34. The van der Waals surface area contributed by atoms with E-state index in [0.29, 0.717) is 6.54 Å². The molecule has 8 heteroatoms. The highest BCUT2D eigenvalue weighted by Crippen LogP contribution is 2.12. The van der Waals surface area contributed by atoms with Crippen molar-refractivity contribution in [1.82, 2.24) is 9.80 Å². The first-order valence-corrected chi connectivity index (χ1v) is 8.17. The summed E-state index contributed by atoms with van der Waals surface area (Å²) in [5.41, 5.74) is 1.01. The third kappa shape index (κ3) is 4.78. The van der Waals surface area contributed by atoms with Crippen molar-refractivity contribution >= 4 is 16.0 Å². The van der Waals surface area contributed by atoms with E-state index in [4.69, 9.17) is 10.2 Å². The lowest BCUT2D eigenvalue weighted by Gasteiger charge is -2.33. The van der Waals surface area contributed by atoms with Gasteiger partial charge in [-0.3, -0.25) is 14.6 Å². The Bertz CT molecular complexity index is 592. The summed E-state index contributed by atoms with van der Waals surface area (Å²) in [5.74, 6) is -0.804. The monoisotopic (exact) mass is 313 g/mol. The maximum atomic E-state index is 11.2. The van der Waals surface area contributed by atoms with E-state index >= 15 is 0 Å². The van der Waals surface area contributed by atoms with Crippen LogP contribution in [-0.2, 0) is 21.4 Å². The number of nitrogens with zero attached hydrogens (tertiary/aromatic N) is 2. The smallest absolute Gasteiger partial charge is 0.317 e. The molecule has 2 rings (SSSR count). The highest BCUT2D eigenvalue weighted by molar-refractivity contribution is 7.89. The van der Waals surface area contributed by atoms with E-state index in [2.05, 4.69) is 4.90 Å². The van der Waals surface area contributed by atoms with Crippen molar-refractivity contribution in [3.8, 4) is 0 Å². The van der Waals surface area contributed by atoms with Crippen LogP contribution < -0.4 is 5.14 Å². The number of sulfonamides is 1. The van der Waals surface area contributed by atoms with Crippen molar-refractivity contribution in [3.63, 3.8) is 0 Å². The van der Waals surface area contributed by atoms with Crippen LogP contribution >= 0.6 is 0 Å². The van der Waals surface area contributed by atoms with Gasteiger partial charge in [-0.25, -0.2) is 13.6 Å². The van der Waals surface area contributed by atoms with E-state index in [1.165, 1.54) is 12.1 Å². The molecular formula is C13H19N3O4S. The number of hydrogen-bond acceptors (Lipinski definition) is 5. The highest BCUT2D eigenvalue weighted by Gasteiger charge is 2.18. The van der Waals surface area contributed by atoms with Crippen molar-refractivity contribution in [3.05, 3.63) is 29.8 Å². The first-order valence-electron chi connectivity index (χ1n) is 6.63. The minimum absolute atomic E-state index is 0.0803. The second-order valence-electron chi connectivity index (χ2n) is 5.13. The van der Waals surface area contributed by atoms with Gasteiger partial charge >= 0.3 is 5.97 Å². The van der Waals surface area contributed by atoms with Gasteiger partial charge in [-0.1, -0.05) is 12.1 Å².